The third kappa shape index (κ3) is 2.79. The normalized spacial score (nSPS) is 9.65. The number of hydrogen-bond donors (Lipinski definition) is 2. The van der Waals surface area contributed by atoms with Gasteiger partial charge in [-0.25, -0.2) is 9.59 Å². The van der Waals surface area contributed by atoms with Gasteiger partial charge in [0.15, 0.2) is 0 Å². The molecule has 0 fully saturated rings. The zero-order chi connectivity index (χ0) is 12.6. The predicted octanol–water partition coefficient (Wildman–Crippen LogP) is 2.32. The number of rotatable bonds is 2. The molecular weight excluding hydrogens is 347 g/mol. The predicted molar refractivity (Wildman–Crippen MR) is 59.3 cm³/mol. The van der Waals surface area contributed by atoms with E-state index >= 15 is 0 Å². The Kier molecular flexibility index (Phi) is 5.58. The number of hydrogen-bond acceptors (Lipinski definition) is 2. The number of carbonyl (C=O) groups is 2. The van der Waals surface area contributed by atoms with Gasteiger partial charge in [0, 0.05) is 35.6 Å². The summed E-state index contributed by atoms with van der Waals surface area (Å²) < 4.78 is 0. The second-order valence-electron chi connectivity index (χ2n) is 3.86. The standard InChI is InChI=1S/C12H14O4.La/c1-5-6(2)8(4)10(12(15)16)9(7(5)3)11(13)14;/h1-4H3,(H,13,14)(H,15,16);. The topological polar surface area (TPSA) is 74.6 Å². The smallest absolute Gasteiger partial charge is 0.336 e. The van der Waals surface area contributed by atoms with Crippen molar-refractivity contribution < 1.29 is 55.4 Å². The van der Waals surface area contributed by atoms with Gasteiger partial charge in [-0.15, -0.1) is 0 Å². The SMILES string of the molecule is Cc1c(C)c(C)c(C(=O)O)c(C(=O)O)c1C.[La]. The first-order valence-corrected chi connectivity index (χ1v) is 4.86. The number of aromatic carboxylic acids is 2. The summed E-state index contributed by atoms with van der Waals surface area (Å²) in [5.74, 6) is -2.39. The summed E-state index contributed by atoms with van der Waals surface area (Å²) in [5.41, 5.74) is 2.50. The van der Waals surface area contributed by atoms with Crippen molar-refractivity contribution in [2.45, 2.75) is 27.7 Å². The van der Waals surface area contributed by atoms with Gasteiger partial charge in [-0.1, -0.05) is 0 Å². The van der Waals surface area contributed by atoms with Crippen LogP contribution in [0.15, 0.2) is 0 Å². The van der Waals surface area contributed by atoms with Gasteiger partial charge in [0.05, 0.1) is 11.1 Å². The Morgan fingerprint density at radius 3 is 1.12 bits per heavy atom. The van der Waals surface area contributed by atoms with E-state index in [0.717, 1.165) is 11.1 Å². The minimum atomic E-state index is -1.19. The molecule has 2 N–H and O–H groups in total. The second-order valence-corrected chi connectivity index (χ2v) is 3.86. The molecule has 0 saturated carbocycles. The molecule has 17 heavy (non-hydrogen) atoms. The number of carboxylic acid groups (broad SMARTS) is 2. The molecule has 4 nitrogen and oxygen atoms in total. The Labute approximate surface area is 128 Å². The fourth-order valence-electron chi connectivity index (χ4n) is 1.85. The first-order valence-electron chi connectivity index (χ1n) is 4.86. The molecule has 0 unspecified atom stereocenters. The molecule has 0 aliphatic rings. The molecule has 0 aliphatic carbocycles. The van der Waals surface area contributed by atoms with Gasteiger partial charge in [-0.2, -0.15) is 0 Å². The van der Waals surface area contributed by atoms with Crippen molar-refractivity contribution in [2.75, 3.05) is 0 Å². The summed E-state index contributed by atoms with van der Waals surface area (Å²) >= 11 is 0. The molecular formula is C12H14LaO4. The van der Waals surface area contributed by atoms with E-state index in [1.165, 1.54) is 0 Å². The van der Waals surface area contributed by atoms with Crippen LogP contribution in [-0.4, -0.2) is 22.2 Å². The van der Waals surface area contributed by atoms with Crippen LogP contribution in [0.5, 0.6) is 0 Å². The Morgan fingerprint density at radius 1 is 0.706 bits per heavy atom. The fraction of sp³-hybridized carbons (Fsp3) is 0.333. The molecule has 1 rings (SSSR count). The van der Waals surface area contributed by atoms with Crippen LogP contribution >= 0.6 is 0 Å². The first kappa shape index (κ1) is 16.4. The quantitative estimate of drug-likeness (QED) is 0.848. The van der Waals surface area contributed by atoms with Gasteiger partial charge >= 0.3 is 11.9 Å². The molecule has 1 aromatic carbocycles. The summed E-state index contributed by atoms with van der Waals surface area (Å²) in [6.07, 6.45) is 0. The van der Waals surface area contributed by atoms with E-state index < -0.39 is 11.9 Å². The van der Waals surface area contributed by atoms with E-state index in [1.807, 2.05) is 0 Å². The Bertz CT molecular complexity index is 447. The monoisotopic (exact) mass is 361 g/mol. The van der Waals surface area contributed by atoms with E-state index in [2.05, 4.69) is 0 Å². The van der Waals surface area contributed by atoms with Gasteiger partial charge in [-0.05, 0) is 49.9 Å². The third-order valence-electron chi connectivity index (χ3n) is 3.12. The van der Waals surface area contributed by atoms with Gasteiger partial charge < -0.3 is 10.2 Å². The summed E-state index contributed by atoms with van der Waals surface area (Å²) in [6, 6.07) is 0. The minimum Gasteiger partial charge on any atom is -0.478 e. The van der Waals surface area contributed by atoms with Crippen molar-refractivity contribution in [3.63, 3.8) is 0 Å². The molecule has 89 valence electrons. The molecule has 0 atom stereocenters. The van der Waals surface area contributed by atoms with E-state index in [-0.39, 0.29) is 46.7 Å². The Hall–Kier alpha value is -0.645. The van der Waals surface area contributed by atoms with Crippen LogP contribution in [-0.2, 0) is 0 Å². The molecule has 0 spiro atoms. The van der Waals surface area contributed by atoms with Crippen molar-refractivity contribution in [1.82, 2.24) is 0 Å². The van der Waals surface area contributed by atoms with Crippen LogP contribution in [0.3, 0.4) is 0 Å². The Morgan fingerprint density at radius 2 is 0.941 bits per heavy atom. The van der Waals surface area contributed by atoms with Crippen LogP contribution in [0.1, 0.15) is 43.0 Å². The molecule has 0 saturated heterocycles. The van der Waals surface area contributed by atoms with Gasteiger partial charge in [-0.3, -0.25) is 0 Å². The van der Waals surface area contributed by atoms with E-state index in [1.54, 1.807) is 27.7 Å². The molecule has 0 amide bonds. The molecule has 0 bridgehead atoms. The first-order chi connectivity index (χ1) is 7.29. The summed E-state index contributed by atoms with van der Waals surface area (Å²) in [5, 5.41) is 18.1. The van der Waals surface area contributed by atoms with Gasteiger partial charge in [0.1, 0.15) is 0 Å². The molecule has 1 aromatic rings. The molecule has 0 aromatic heterocycles. The third-order valence-corrected chi connectivity index (χ3v) is 3.12. The van der Waals surface area contributed by atoms with Crippen molar-refractivity contribution in [3.05, 3.63) is 33.4 Å². The molecule has 0 heterocycles. The van der Waals surface area contributed by atoms with Crippen LogP contribution < -0.4 is 0 Å². The average Bonchev–Trinajstić information content (AvgIpc) is 2.18. The Balaban J connectivity index is 0.00000256. The minimum absolute atomic E-state index is 0. The number of benzene rings is 1. The maximum atomic E-state index is 11.1. The van der Waals surface area contributed by atoms with Crippen LogP contribution in [0, 0.1) is 63.3 Å². The van der Waals surface area contributed by atoms with Crippen molar-refractivity contribution in [3.8, 4) is 0 Å². The average molecular weight is 361 g/mol. The zero-order valence-corrected chi connectivity index (χ0v) is 13.9. The van der Waals surface area contributed by atoms with E-state index in [4.69, 9.17) is 10.2 Å². The maximum Gasteiger partial charge on any atom is 0.336 e. The fourth-order valence-corrected chi connectivity index (χ4v) is 1.85. The number of carboxylic acids is 2. The summed E-state index contributed by atoms with van der Waals surface area (Å²) in [7, 11) is 0. The van der Waals surface area contributed by atoms with Crippen LogP contribution in [0.25, 0.3) is 0 Å². The van der Waals surface area contributed by atoms with Crippen molar-refractivity contribution in [1.29, 1.82) is 0 Å². The molecule has 0 aliphatic heterocycles. The molecule has 5 heteroatoms. The van der Waals surface area contributed by atoms with E-state index in [0.29, 0.717) is 11.1 Å². The van der Waals surface area contributed by atoms with Gasteiger partial charge in [0.2, 0.25) is 0 Å². The largest absolute Gasteiger partial charge is 0.478 e. The maximum absolute atomic E-state index is 11.1. The van der Waals surface area contributed by atoms with Crippen molar-refractivity contribution in [2.24, 2.45) is 0 Å². The second kappa shape index (κ2) is 5.80. The van der Waals surface area contributed by atoms with E-state index in [9.17, 15) is 9.59 Å². The van der Waals surface area contributed by atoms with Crippen molar-refractivity contribution >= 4 is 11.9 Å². The van der Waals surface area contributed by atoms with Crippen LogP contribution in [0.4, 0.5) is 0 Å². The zero-order valence-electron chi connectivity index (χ0n) is 10.3. The van der Waals surface area contributed by atoms with Crippen LogP contribution in [0.2, 0.25) is 0 Å². The van der Waals surface area contributed by atoms with Gasteiger partial charge in [0.25, 0.3) is 0 Å². The summed E-state index contributed by atoms with van der Waals surface area (Å²) in [4.78, 5) is 22.2. The summed E-state index contributed by atoms with van der Waals surface area (Å²) in [6.45, 7) is 6.88. The molecule has 1 radical (unpaired) electrons.